The van der Waals surface area contributed by atoms with Crippen LogP contribution >= 0.6 is 23.2 Å². The summed E-state index contributed by atoms with van der Waals surface area (Å²) in [5.74, 6) is -3.27. The Morgan fingerprint density at radius 3 is 1.86 bits per heavy atom. The van der Waals surface area contributed by atoms with Gasteiger partial charge >= 0.3 is 12.2 Å². The Morgan fingerprint density at radius 1 is 0.762 bits per heavy atom. The van der Waals surface area contributed by atoms with Crippen LogP contribution in [0.4, 0.5) is 32.4 Å². The highest BCUT2D eigenvalue weighted by Gasteiger charge is 2.33. The van der Waals surface area contributed by atoms with Crippen LogP contribution in [-0.4, -0.2) is 20.4 Å². The summed E-state index contributed by atoms with van der Waals surface area (Å²) in [6.45, 7) is 0. The molecule has 0 aliphatic rings. The van der Waals surface area contributed by atoms with Gasteiger partial charge < -0.3 is 10.1 Å². The highest BCUT2D eigenvalue weighted by Crippen LogP contribution is 2.38. The van der Waals surface area contributed by atoms with Crippen LogP contribution in [0.3, 0.4) is 0 Å². The molecule has 4 aromatic rings. The largest absolute Gasteiger partial charge is 0.457 e. The number of benzene rings is 4. The molecular weight excluding hydrogens is 630 g/mol. The SMILES string of the molecule is O=C(NC(=O)c1c(F)cccc1F)Nc1ccc(Oc2ccc(S(=O)(=O)c3ccc(C(F)(F)F)cc3Cl)c(Cl)c2)cc1. The van der Waals surface area contributed by atoms with E-state index >= 15 is 0 Å². The molecule has 0 saturated heterocycles. The average Bonchev–Trinajstić information content (AvgIpc) is 2.89. The molecule has 0 heterocycles. The topological polar surface area (TPSA) is 102 Å². The molecule has 3 amide bonds. The lowest BCUT2D eigenvalue weighted by Gasteiger charge is -2.13. The van der Waals surface area contributed by atoms with Gasteiger partial charge in [-0.05, 0) is 66.7 Å². The van der Waals surface area contributed by atoms with E-state index in [1.54, 1.807) is 5.32 Å². The molecule has 0 unspecified atom stereocenters. The standard InChI is InChI=1S/C27H15Cl2F5N2O5S/c28-18-12-14(27(32,33)34)4-10-22(18)42(39,40)23-11-9-17(13-19(23)29)41-16-7-5-15(6-8-16)35-26(38)36-25(37)24-20(30)2-1-3-21(24)31/h1-13H,(H2,35,36,37,38). The summed E-state index contributed by atoms with van der Waals surface area (Å²) in [5, 5.41) is 3.18. The molecule has 218 valence electrons. The highest BCUT2D eigenvalue weighted by molar-refractivity contribution is 7.91. The molecule has 7 nitrogen and oxygen atoms in total. The maximum absolute atomic E-state index is 13.7. The fourth-order valence-electron chi connectivity index (χ4n) is 3.56. The molecule has 0 radical (unpaired) electrons. The summed E-state index contributed by atoms with van der Waals surface area (Å²) in [7, 11) is -4.40. The Balaban J connectivity index is 1.43. The average molecular weight is 645 g/mol. The molecule has 2 N–H and O–H groups in total. The first kappa shape index (κ1) is 30.8. The second-order valence-corrected chi connectivity index (χ2v) is 11.1. The van der Waals surface area contributed by atoms with E-state index in [2.05, 4.69) is 5.32 Å². The molecule has 42 heavy (non-hydrogen) atoms. The number of nitrogens with one attached hydrogen (secondary N) is 2. The summed E-state index contributed by atoms with van der Waals surface area (Å²) < 4.78 is 97.9. The maximum Gasteiger partial charge on any atom is 0.416 e. The molecule has 0 saturated carbocycles. The fraction of sp³-hybridized carbons (Fsp3) is 0.0370. The number of imide groups is 1. The quantitative estimate of drug-likeness (QED) is 0.208. The van der Waals surface area contributed by atoms with E-state index in [1.165, 1.54) is 36.4 Å². The van der Waals surface area contributed by atoms with Crippen molar-refractivity contribution in [3.63, 3.8) is 0 Å². The number of amides is 3. The molecule has 4 aromatic carbocycles. The Morgan fingerprint density at radius 2 is 1.31 bits per heavy atom. The predicted octanol–water partition coefficient (Wildman–Crippen LogP) is 7.88. The lowest BCUT2D eigenvalue weighted by Crippen LogP contribution is -2.35. The van der Waals surface area contributed by atoms with Crippen LogP contribution < -0.4 is 15.4 Å². The van der Waals surface area contributed by atoms with Gasteiger partial charge in [-0.3, -0.25) is 10.1 Å². The van der Waals surface area contributed by atoms with E-state index in [0.717, 1.165) is 30.3 Å². The number of alkyl halides is 3. The summed E-state index contributed by atoms with van der Waals surface area (Å²) in [5.41, 5.74) is -1.86. The van der Waals surface area contributed by atoms with Gasteiger partial charge in [-0.15, -0.1) is 0 Å². The van der Waals surface area contributed by atoms with Gasteiger partial charge in [0, 0.05) is 11.8 Å². The third-order valence-electron chi connectivity index (χ3n) is 5.51. The van der Waals surface area contributed by atoms with Crippen LogP contribution in [0.5, 0.6) is 11.5 Å². The summed E-state index contributed by atoms with van der Waals surface area (Å²) in [4.78, 5) is 23.1. The Bertz CT molecular complexity index is 1780. The van der Waals surface area contributed by atoms with Gasteiger partial charge in [-0.25, -0.2) is 22.0 Å². The number of rotatable bonds is 6. The van der Waals surface area contributed by atoms with E-state index in [1.807, 2.05) is 0 Å². The van der Waals surface area contributed by atoms with Crippen LogP contribution in [0.25, 0.3) is 0 Å². The maximum atomic E-state index is 13.7. The van der Waals surface area contributed by atoms with Crippen LogP contribution in [0.1, 0.15) is 15.9 Å². The van der Waals surface area contributed by atoms with Crippen molar-refractivity contribution in [2.75, 3.05) is 5.32 Å². The summed E-state index contributed by atoms with van der Waals surface area (Å²) in [6, 6.07) is 12.6. The molecule has 0 aliphatic carbocycles. The molecule has 15 heteroatoms. The van der Waals surface area contributed by atoms with Gasteiger partial charge in [-0.2, -0.15) is 13.2 Å². The third-order valence-corrected chi connectivity index (χ3v) is 8.23. The Labute approximate surface area is 244 Å². The van der Waals surface area contributed by atoms with Crippen LogP contribution in [0, 0.1) is 11.6 Å². The minimum absolute atomic E-state index is 0.0911. The van der Waals surface area contributed by atoms with Crippen LogP contribution in [0.15, 0.2) is 88.7 Å². The minimum atomic E-state index is -4.72. The number of sulfone groups is 1. The van der Waals surface area contributed by atoms with Gasteiger partial charge in [0.1, 0.15) is 28.7 Å². The number of urea groups is 1. The molecule has 0 bridgehead atoms. The normalized spacial score (nSPS) is 11.6. The van der Waals surface area contributed by atoms with Crippen molar-refractivity contribution in [1.82, 2.24) is 5.32 Å². The van der Waals surface area contributed by atoms with Gasteiger partial charge in [0.25, 0.3) is 5.91 Å². The first-order valence-corrected chi connectivity index (χ1v) is 13.7. The van der Waals surface area contributed by atoms with Crippen molar-refractivity contribution in [1.29, 1.82) is 0 Å². The van der Waals surface area contributed by atoms with E-state index in [4.69, 9.17) is 27.9 Å². The van der Waals surface area contributed by atoms with Crippen LogP contribution in [-0.2, 0) is 16.0 Å². The highest BCUT2D eigenvalue weighted by atomic mass is 35.5. The molecule has 0 fully saturated rings. The first-order chi connectivity index (χ1) is 19.7. The Hall–Kier alpha value is -4.20. The van der Waals surface area contributed by atoms with Crippen molar-refractivity contribution in [3.05, 3.63) is 112 Å². The van der Waals surface area contributed by atoms with Gasteiger partial charge in [-0.1, -0.05) is 29.3 Å². The third kappa shape index (κ3) is 6.81. The van der Waals surface area contributed by atoms with Gasteiger partial charge in [0.05, 0.1) is 25.4 Å². The predicted molar refractivity (Wildman–Crippen MR) is 143 cm³/mol. The van der Waals surface area contributed by atoms with Crippen molar-refractivity contribution in [3.8, 4) is 11.5 Å². The number of halogens is 7. The first-order valence-electron chi connectivity index (χ1n) is 11.4. The number of hydrogen-bond acceptors (Lipinski definition) is 5. The van der Waals surface area contributed by atoms with Crippen molar-refractivity contribution in [2.24, 2.45) is 0 Å². The number of anilines is 1. The summed E-state index contributed by atoms with van der Waals surface area (Å²) in [6.07, 6.45) is -4.72. The van der Waals surface area contributed by atoms with E-state index in [0.29, 0.717) is 12.1 Å². The molecular formula is C27H15Cl2F5N2O5S. The van der Waals surface area contributed by atoms with Gasteiger partial charge in [0.15, 0.2) is 0 Å². The van der Waals surface area contributed by atoms with Crippen molar-refractivity contribution in [2.45, 2.75) is 16.0 Å². The molecule has 0 aliphatic heterocycles. The fourth-order valence-corrected chi connectivity index (χ4v) is 5.88. The summed E-state index contributed by atoms with van der Waals surface area (Å²) >= 11 is 12.0. The lowest BCUT2D eigenvalue weighted by molar-refractivity contribution is -0.137. The van der Waals surface area contributed by atoms with Gasteiger partial charge in [0.2, 0.25) is 9.84 Å². The molecule has 4 rings (SSSR count). The Kier molecular flexibility index (Phi) is 8.76. The smallest absolute Gasteiger partial charge is 0.416 e. The van der Waals surface area contributed by atoms with E-state index < -0.39 is 65.5 Å². The second kappa shape index (κ2) is 12.0. The van der Waals surface area contributed by atoms with Crippen LogP contribution in [0.2, 0.25) is 10.0 Å². The number of ether oxygens (including phenoxy) is 1. The lowest BCUT2D eigenvalue weighted by atomic mass is 10.2. The number of carbonyl (C=O) groups is 2. The van der Waals surface area contributed by atoms with E-state index in [9.17, 15) is 40.0 Å². The number of carbonyl (C=O) groups excluding carboxylic acids is 2. The number of hydrogen-bond donors (Lipinski definition) is 2. The zero-order chi connectivity index (χ0) is 30.8. The molecule has 0 atom stereocenters. The minimum Gasteiger partial charge on any atom is -0.457 e. The molecule has 0 aromatic heterocycles. The van der Waals surface area contributed by atoms with Crippen molar-refractivity contribution < 1.29 is 44.7 Å². The monoisotopic (exact) mass is 644 g/mol. The van der Waals surface area contributed by atoms with Crippen molar-refractivity contribution >= 4 is 50.7 Å². The van der Waals surface area contributed by atoms with E-state index in [-0.39, 0.29) is 22.2 Å². The zero-order valence-corrected chi connectivity index (χ0v) is 22.9. The zero-order valence-electron chi connectivity index (χ0n) is 20.6. The molecule has 0 spiro atoms. The second-order valence-electron chi connectivity index (χ2n) is 8.37.